The molecule has 0 aliphatic heterocycles. The first-order valence-corrected chi connectivity index (χ1v) is 8.15. The van der Waals surface area contributed by atoms with Crippen LogP contribution in [0.25, 0.3) is 0 Å². The second kappa shape index (κ2) is 9.80. The molecule has 0 amide bonds. The summed E-state index contributed by atoms with van der Waals surface area (Å²) in [4.78, 5) is 0. The van der Waals surface area contributed by atoms with E-state index >= 15 is 0 Å². The Labute approximate surface area is 114 Å². The molecular formula is C16H33NO. The standard InChI is InChI=1S/C16H33NO/c1-3-5-6-7-8-9-12-18-16-13-14(4-2)10-11-15(16)17/h14-16H,3-13,17H2,1-2H3. The maximum Gasteiger partial charge on any atom is 0.0728 e. The van der Waals surface area contributed by atoms with E-state index in [-0.39, 0.29) is 6.04 Å². The van der Waals surface area contributed by atoms with Crippen LogP contribution in [-0.4, -0.2) is 18.8 Å². The second-order valence-corrected chi connectivity index (χ2v) is 5.93. The molecular weight excluding hydrogens is 222 g/mol. The minimum Gasteiger partial charge on any atom is -0.377 e. The minimum absolute atomic E-state index is 0.285. The molecule has 1 fully saturated rings. The molecule has 1 aliphatic rings. The lowest BCUT2D eigenvalue weighted by Crippen LogP contribution is -2.42. The minimum atomic E-state index is 0.285. The zero-order valence-corrected chi connectivity index (χ0v) is 12.5. The lowest BCUT2D eigenvalue weighted by Gasteiger charge is -2.33. The molecule has 0 saturated heterocycles. The van der Waals surface area contributed by atoms with Crippen LogP contribution >= 0.6 is 0 Å². The summed E-state index contributed by atoms with van der Waals surface area (Å²) in [5.41, 5.74) is 6.15. The smallest absolute Gasteiger partial charge is 0.0728 e. The van der Waals surface area contributed by atoms with Crippen molar-refractivity contribution in [3.05, 3.63) is 0 Å². The lowest BCUT2D eigenvalue weighted by atomic mass is 9.83. The van der Waals surface area contributed by atoms with Crippen molar-refractivity contribution in [2.75, 3.05) is 6.61 Å². The summed E-state index contributed by atoms with van der Waals surface area (Å²) in [6, 6.07) is 0.285. The number of hydrogen-bond acceptors (Lipinski definition) is 2. The molecule has 0 aromatic carbocycles. The predicted molar refractivity (Wildman–Crippen MR) is 78.7 cm³/mol. The lowest BCUT2D eigenvalue weighted by molar-refractivity contribution is -0.00242. The van der Waals surface area contributed by atoms with Crippen LogP contribution in [0.15, 0.2) is 0 Å². The summed E-state index contributed by atoms with van der Waals surface area (Å²) in [7, 11) is 0. The fraction of sp³-hybridized carbons (Fsp3) is 1.00. The van der Waals surface area contributed by atoms with Crippen molar-refractivity contribution in [2.45, 2.75) is 90.2 Å². The van der Waals surface area contributed by atoms with Crippen molar-refractivity contribution in [3.63, 3.8) is 0 Å². The quantitative estimate of drug-likeness (QED) is 0.624. The Kier molecular flexibility index (Phi) is 8.70. The highest BCUT2D eigenvalue weighted by Crippen LogP contribution is 2.28. The van der Waals surface area contributed by atoms with Gasteiger partial charge >= 0.3 is 0 Å². The zero-order valence-electron chi connectivity index (χ0n) is 12.5. The number of rotatable bonds is 9. The van der Waals surface area contributed by atoms with Crippen LogP contribution in [0.2, 0.25) is 0 Å². The van der Waals surface area contributed by atoms with Crippen molar-refractivity contribution in [1.29, 1.82) is 0 Å². The van der Waals surface area contributed by atoms with E-state index in [2.05, 4.69) is 13.8 Å². The molecule has 0 spiro atoms. The molecule has 18 heavy (non-hydrogen) atoms. The van der Waals surface area contributed by atoms with Gasteiger partial charge in [0.2, 0.25) is 0 Å². The van der Waals surface area contributed by atoms with Gasteiger partial charge in [0, 0.05) is 12.6 Å². The van der Waals surface area contributed by atoms with Gasteiger partial charge in [-0.1, -0.05) is 52.4 Å². The van der Waals surface area contributed by atoms with Crippen LogP contribution in [0, 0.1) is 5.92 Å². The van der Waals surface area contributed by atoms with E-state index in [0.29, 0.717) is 6.10 Å². The Morgan fingerprint density at radius 2 is 1.72 bits per heavy atom. The van der Waals surface area contributed by atoms with Crippen LogP contribution in [0.3, 0.4) is 0 Å². The van der Waals surface area contributed by atoms with Crippen molar-refractivity contribution >= 4 is 0 Å². The van der Waals surface area contributed by atoms with E-state index in [4.69, 9.17) is 10.5 Å². The molecule has 108 valence electrons. The van der Waals surface area contributed by atoms with Gasteiger partial charge in [0.1, 0.15) is 0 Å². The number of unbranched alkanes of at least 4 members (excludes halogenated alkanes) is 5. The Bertz CT molecular complexity index is 196. The maximum atomic E-state index is 6.15. The van der Waals surface area contributed by atoms with Gasteiger partial charge < -0.3 is 10.5 Å². The molecule has 0 radical (unpaired) electrons. The third-order valence-corrected chi connectivity index (χ3v) is 4.36. The third kappa shape index (κ3) is 6.19. The van der Waals surface area contributed by atoms with Crippen LogP contribution in [0.5, 0.6) is 0 Å². The van der Waals surface area contributed by atoms with E-state index < -0.39 is 0 Å². The van der Waals surface area contributed by atoms with Crippen LogP contribution in [0.4, 0.5) is 0 Å². The van der Waals surface area contributed by atoms with E-state index in [9.17, 15) is 0 Å². The average Bonchev–Trinajstić information content (AvgIpc) is 2.39. The highest BCUT2D eigenvalue weighted by molar-refractivity contribution is 4.82. The summed E-state index contributed by atoms with van der Waals surface area (Å²) in [6.07, 6.45) is 13.2. The van der Waals surface area contributed by atoms with E-state index in [1.165, 1.54) is 57.8 Å². The van der Waals surface area contributed by atoms with Crippen LogP contribution < -0.4 is 5.73 Å². The topological polar surface area (TPSA) is 35.2 Å². The van der Waals surface area contributed by atoms with Gasteiger partial charge in [0.05, 0.1) is 6.10 Å². The van der Waals surface area contributed by atoms with E-state index in [1.807, 2.05) is 0 Å². The van der Waals surface area contributed by atoms with Gasteiger partial charge in [0.15, 0.2) is 0 Å². The van der Waals surface area contributed by atoms with E-state index in [0.717, 1.165) is 18.9 Å². The first-order chi connectivity index (χ1) is 8.77. The molecule has 0 bridgehead atoms. The number of ether oxygens (including phenoxy) is 1. The highest BCUT2D eigenvalue weighted by Gasteiger charge is 2.27. The highest BCUT2D eigenvalue weighted by atomic mass is 16.5. The van der Waals surface area contributed by atoms with Gasteiger partial charge in [-0.2, -0.15) is 0 Å². The first-order valence-electron chi connectivity index (χ1n) is 8.15. The number of hydrogen-bond donors (Lipinski definition) is 1. The summed E-state index contributed by atoms with van der Waals surface area (Å²) in [5.74, 6) is 0.847. The normalized spacial score (nSPS) is 28.5. The SMILES string of the molecule is CCCCCCCCOC1CC(CC)CCC1N. The van der Waals surface area contributed by atoms with Crippen LogP contribution in [-0.2, 0) is 4.74 Å². The molecule has 1 saturated carbocycles. The molecule has 0 aromatic rings. The molecule has 1 rings (SSSR count). The largest absolute Gasteiger partial charge is 0.377 e. The van der Waals surface area contributed by atoms with Gasteiger partial charge in [0.25, 0.3) is 0 Å². The number of nitrogens with two attached hydrogens (primary N) is 1. The molecule has 2 heteroatoms. The Balaban J connectivity index is 2.03. The van der Waals surface area contributed by atoms with Gasteiger partial charge in [-0.15, -0.1) is 0 Å². The van der Waals surface area contributed by atoms with E-state index in [1.54, 1.807) is 0 Å². The summed E-state index contributed by atoms with van der Waals surface area (Å²) in [5, 5.41) is 0. The summed E-state index contributed by atoms with van der Waals surface area (Å²) < 4.78 is 6.01. The monoisotopic (exact) mass is 255 g/mol. The fourth-order valence-electron chi connectivity index (χ4n) is 2.91. The first kappa shape index (κ1) is 16.0. The van der Waals surface area contributed by atoms with Crippen molar-refractivity contribution < 1.29 is 4.74 Å². The Morgan fingerprint density at radius 3 is 2.44 bits per heavy atom. The predicted octanol–water partition coefficient (Wildman–Crippen LogP) is 4.27. The second-order valence-electron chi connectivity index (χ2n) is 5.93. The van der Waals surface area contributed by atoms with Gasteiger partial charge in [-0.3, -0.25) is 0 Å². The average molecular weight is 255 g/mol. The van der Waals surface area contributed by atoms with Crippen molar-refractivity contribution in [3.8, 4) is 0 Å². The van der Waals surface area contributed by atoms with Crippen molar-refractivity contribution in [1.82, 2.24) is 0 Å². The van der Waals surface area contributed by atoms with Gasteiger partial charge in [-0.05, 0) is 31.6 Å². The molecule has 2 N–H and O–H groups in total. The molecule has 1 aliphatic carbocycles. The molecule has 0 aromatic heterocycles. The zero-order chi connectivity index (χ0) is 13.2. The van der Waals surface area contributed by atoms with Gasteiger partial charge in [-0.25, -0.2) is 0 Å². The molecule has 2 nitrogen and oxygen atoms in total. The van der Waals surface area contributed by atoms with Crippen molar-refractivity contribution in [2.24, 2.45) is 11.7 Å². The fourth-order valence-corrected chi connectivity index (χ4v) is 2.91. The summed E-state index contributed by atoms with van der Waals surface area (Å²) >= 11 is 0. The third-order valence-electron chi connectivity index (χ3n) is 4.36. The maximum absolute atomic E-state index is 6.15. The molecule has 3 unspecified atom stereocenters. The Morgan fingerprint density at radius 1 is 1.00 bits per heavy atom. The summed E-state index contributed by atoms with van der Waals surface area (Å²) in [6.45, 7) is 5.46. The molecule has 0 heterocycles. The molecule has 3 atom stereocenters. The Hall–Kier alpha value is -0.0800. The van der Waals surface area contributed by atoms with Crippen LogP contribution in [0.1, 0.15) is 78.1 Å².